The lowest BCUT2D eigenvalue weighted by Crippen LogP contribution is -2.45. The molecule has 2 aliphatic heterocycles. The molecule has 0 bridgehead atoms. The van der Waals surface area contributed by atoms with Crippen LogP contribution in [0.1, 0.15) is 39.7 Å². The molecule has 1 radical (unpaired) electrons. The zero-order chi connectivity index (χ0) is 34.0. The second kappa shape index (κ2) is 14.5. The van der Waals surface area contributed by atoms with Crippen molar-refractivity contribution in [2.75, 3.05) is 33.0 Å². The Morgan fingerprint density at radius 3 is 2.60 bits per heavy atom. The average molecular weight is 718 g/mol. The predicted molar refractivity (Wildman–Crippen MR) is 169 cm³/mol. The van der Waals surface area contributed by atoms with Crippen molar-refractivity contribution < 1.29 is 42.4 Å². The number of tetrazole rings is 1. The molecular weight excluding hydrogens is 675 g/mol. The molecule has 3 aromatic rings. The number of hydrogen-bond acceptors (Lipinski definition) is 15. The van der Waals surface area contributed by atoms with Crippen molar-refractivity contribution in [2.45, 2.75) is 102 Å². The van der Waals surface area contributed by atoms with Crippen molar-refractivity contribution in [3.63, 3.8) is 0 Å². The van der Waals surface area contributed by atoms with Crippen LogP contribution in [0.15, 0.2) is 6.20 Å². The van der Waals surface area contributed by atoms with Gasteiger partial charge >= 0.3 is 7.60 Å². The molecule has 2 saturated heterocycles. The molecule has 5 rings (SSSR count). The maximum absolute atomic E-state index is 14.5. The lowest BCUT2D eigenvalue weighted by molar-refractivity contribution is -0.207. The average Bonchev–Trinajstić information content (AvgIpc) is 3.76. The topological polar surface area (TPSA) is 189 Å². The predicted octanol–water partition coefficient (Wildman–Crippen LogP) is 3.21. The van der Waals surface area contributed by atoms with Gasteiger partial charge in [-0.2, -0.15) is 10.1 Å². The zero-order valence-electron chi connectivity index (χ0n) is 27.7. The fourth-order valence-electron chi connectivity index (χ4n) is 5.43. The number of hydrogen-bond donors (Lipinski definition) is 1. The summed E-state index contributed by atoms with van der Waals surface area (Å²) in [5, 5.41) is 26.0. The van der Waals surface area contributed by atoms with Crippen LogP contribution in [0.5, 0.6) is 0 Å². The quantitative estimate of drug-likeness (QED) is 0.0927. The van der Waals surface area contributed by atoms with Gasteiger partial charge in [0, 0.05) is 14.7 Å². The van der Waals surface area contributed by atoms with Crippen molar-refractivity contribution in [3.05, 3.63) is 23.5 Å². The highest BCUT2D eigenvalue weighted by molar-refractivity contribution is 7.55. The number of aromatic nitrogens is 8. The third kappa shape index (κ3) is 7.93. The van der Waals surface area contributed by atoms with E-state index in [0.29, 0.717) is 17.6 Å². The van der Waals surface area contributed by atoms with Crippen LogP contribution in [0.2, 0.25) is 31.0 Å². The molecule has 5 atom stereocenters. The molecular formula is C27H43ClN8O9PSi. The molecule has 2 fully saturated rings. The summed E-state index contributed by atoms with van der Waals surface area (Å²) in [5.41, 5.74) is 0.393. The normalized spacial score (nSPS) is 24.2. The smallest absolute Gasteiger partial charge is 0.365 e. The van der Waals surface area contributed by atoms with Crippen LogP contribution in [0.3, 0.4) is 0 Å². The fourth-order valence-corrected chi connectivity index (χ4v) is 8.28. The Morgan fingerprint density at radius 1 is 1.19 bits per heavy atom. The van der Waals surface area contributed by atoms with Crippen molar-refractivity contribution in [1.29, 1.82) is 0 Å². The van der Waals surface area contributed by atoms with Gasteiger partial charge in [0.15, 0.2) is 28.8 Å². The van der Waals surface area contributed by atoms with Crippen LogP contribution in [-0.4, -0.2) is 116 Å². The number of halogens is 1. The second-order valence-corrected chi connectivity index (χ2v) is 21.2. The molecule has 47 heavy (non-hydrogen) atoms. The van der Waals surface area contributed by atoms with Crippen LogP contribution in [-0.2, 0) is 50.4 Å². The summed E-state index contributed by atoms with van der Waals surface area (Å²) in [6, 6.07) is 0.956. The largest absolute Gasteiger partial charge is 0.393 e. The van der Waals surface area contributed by atoms with E-state index < -0.39 is 57.9 Å². The number of ether oxygens (including phenoxy) is 5. The Hall–Kier alpha value is -1.96. The maximum atomic E-state index is 14.5. The first kappa shape index (κ1) is 36.3. The van der Waals surface area contributed by atoms with Gasteiger partial charge in [0.25, 0.3) is 0 Å². The lowest BCUT2D eigenvalue weighted by Gasteiger charge is -2.37. The number of rotatable bonds is 17. The Morgan fingerprint density at radius 2 is 1.91 bits per heavy atom. The maximum Gasteiger partial charge on any atom is 0.365 e. The van der Waals surface area contributed by atoms with Gasteiger partial charge in [-0.1, -0.05) is 19.6 Å². The summed E-state index contributed by atoms with van der Waals surface area (Å²) >= 11 is 6.06. The summed E-state index contributed by atoms with van der Waals surface area (Å²) in [6.07, 6.45) is 1.25. The molecule has 0 saturated carbocycles. The van der Waals surface area contributed by atoms with E-state index in [1.165, 1.54) is 9.36 Å². The van der Waals surface area contributed by atoms with E-state index in [1.807, 2.05) is 0 Å². The van der Waals surface area contributed by atoms with E-state index >= 15 is 0 Å². The highest BCUT2D eigenvalue weighted by atomic mass is 35.5. The van der Waals surface area contributed by atoms with E-state index in [9.17, 15) is 9.67 Å². The molecule has 17 nitrogen and oxygen atoms in total. The first-order chi connectivity index (χ1) is 22.2. The van der Waals surface area contributed by atoms with Gasteiger partial charge in [-0.25, -0.2) is 14.3 Å². The van der Waals surface area contributed by atoms with Gasteiger partial charge in [-0.15, -0.1) is 5.10 Å². The molecule has 0 amide bonds. The minimum Gasteiger partial charge on any atom is -0.393 e. The van der Waals surface area contributed by atoms with Crippen LogP contribution in [0.25, 0.3) is 11.0 Å². The van der Waals surface area contributed by atoms with Crippen molar-refractivity contribution in [1.82, 2.24) is 40.0 Å². The van der Waals surface area contributed by atoms with Crippen LogP contribution < -0.4 is 0 Å². The second-order valence-electron chi connectivity index (χ2n) is 12.9. The molecule has 0 aliphatic carbocycles. The number of aliphatic hydroxyl groups excluding tert-OH is 1. The minimum atomic E-state index is -4.18. The minimum absolute atomic E-state index is 0.00303. The Bertz CT molecular complexity index is 1550. The highest BCUT2D eigenvalue weighted by Gasteiger charge is 2.59. The highest BCUT2D eigenvalue weighted by Crippen LogP contribution is 2.62. The van der Waals surface area contributed by atoms with E-state index in [-0.39, 0.29) is 44.1 Å². The monoisotopic (exact) mass is 717 g/mol. The molecule has 261 valence electrons. The first-order valence-corrected chi connectivity index (χ1v) is 21.1. The number of nitrogens with zero attached hydrogens (tertiary/aromatic N) is 8. The third-order valence-electron chi connectivity index (χ3n) is 7.71. The summed E-state index contributed by atoms with van der Waals surface area (Å²) in [6.45, 7) is 13.4. The van der Waals surface area contributed by atoms with Crippen LogP contribution in [0, 0.1) is 6.20 Å². The zero-order valence-corrected chi connectivity index (χ0v) is 30.3. The molecule has 20 heteroatoms. The van der Waals surface area contributed by atoms with Crippen LogP contribution >= 0.6 is 19.2 Å². The number of fused-ring (bicyclic) bond motifs is 2. The summed E-state index contributed by atoms with van der Waals surface area (Å²) in [4.78, 5) is 8.20. The molecule has 1 N–H and O–H groups in total. The van der Waals surface area contributed by atoms with E-state index in [2.05, 4.69) is 56.4 Å². The summed E-state index contributed by atoms with van der Waals surface area (Å²) in [7, 11) is -5.50. The molecule has 0 aromatic carbocycles. The van der Waals surface area contributed by atoms with Crippen molar-refractivity contribution >= 4 is 38.3 Å². The van der Waals surface area contributed by atoms with Gasteiger partial charge < -0.3 is 37.8 Å². The molecule has 0 unspecified atom stereocenters. The van der Waals surface area contributed by atoms with Gasteiger partial charge in [0.05, 0.1) is 44.4 Å². The molecule has 3 aromatic heterocycles. The van der Waals surface area contributed by atoms with E-state index in [1.54, 1.807) is 33.9 Å². The molecule has 0 spiro atoms. The SMILES string of the molecule is CCOP(=O)(OCC)[C@](CO)(Cc1nnnn1COCC[Si](C)(C)C)OC[C@H]1O[C@@H](n2ncc3[c]nc(Cl)nc32)[C@@H]2OC(C)(C)O[C@@H]21. The summed E-state index contributed by atoms with van der Waals surface area (Å²) in [5.74, 6) is -0.707. The van der Waals surface area contributed by atoms with Crippen LogP contribution in [0.4, 0.5) is 0 Å². The Balaban J connectivity index is 1.42. The van der Waals surface area contributed by atoms with E-state index in [0.717, 1.165) is 6.04 Å². The van der Waals surface area contributed by atoms with Gasteiger partial charge in [-0.3, -0.25) is 4.57 Å². The number of aliphatic hydroxyl groups is 1. The fraction of sp³-hybridized carbons (Fsp3) is 0.778. The lowest BCUT2D eigenvalue weighted by atomic mass is 10.1. The summed E-state index contributed by atoms with van der Waals surface area (Å²) < 4.78 is 60.1. The first-order valence-electron chi connectivity index (χ1n) is 15.5. The molecule has 5 heterocycles. The Labute approximate surface area is 279 Å². The van der Waals surface area contributed by atoms with Gasteiger partial charge in [-0.05, 0) is 55.8 Å². The van der Waals surface area contributed by atoms with E-state index in [4.69, 9.17) is 44.3 Å². The third-order valence-corrected chi connectivity index (χ3v) is 12.2. The van der Waals surface area contributed by atoms with Crippen molar-refractivity contribution in [2.24, 2.45) is 0 Å². The van der Waals surface area contributed by atoms with Gasteiger partial charge in [0.1, 0.15) is 31.2 Å². The Kier molecular flexibility index (Phi) is 11.2. The van der Waals surface area contributed by atoms with Crippen molar-refractivity contribution in [3.8, 4) is 0 Å². The standard InChI is InChI=1S/C27H43ClN8O9PSi/c1-8-41-46(38,42-9-2)27(16-37,12-20-32-33-34-35(20)17-39-10-11-47(5,6)7)40-15-19-21-22(45-26(3,4)44-21)24(43-19)36-23-18(14-30-36)13-29-25(28)31-23/h14,19,21-22,24,37H,8-12,15-17H2,1-7H3/t19-,21-,22-,24-,27+/m1/s1. The molecule has 2 aliphatic rings. The van der Waals surface area contributed by atoms with Gasteiger partial charge in [0.2, 0.25) is 5.28 Å².